The Morgan fingerprint density at radius 1 is 1.19 bits per heavy atom. The van der Waals surface area contributed by atoms with Crippen LogP contribution in [0.2, 0.25) is 5.02 Å². The van der Waals surface area contributed by atoms with Crippen LogP contribution in [-0.2, 0) is 17.6 Å². The first-order chi connectivity index (χ1) is 15.0. The van der Waals surface area contributed by atoms with Gasteiger partial charge in [-0.05, 0) is 48.6 Å². The molecule has 6 nitrogen and oxygen atoms in total. The lowest BCUT2D eigenvalue weighted by molar-refractivity contribution is -0.116. The highest BCUT2D eigenvalue weighted by molar-refractivity contribution is 8.00. The van der Waals surface area contributed by atoms with Crippen molar-refractivity contribution in [1.82, 2.24) is 14.9 Å². The molecule has 162 valence electrons. The summed E-state index contributed by atoms with van der Waals surface area (Å²) in [7, 11) is 0. The largest absolute Gasteiger partial charge is 0.325 e. The summed E-state index contributed by atoms with van der Waals surface area (Å²) in [6, 6.07) is 13.7. The normalized spacial score (nSPS) is 17.7. The molecular formula is C23H26ClN5OS. The molecule has 2 heterocycles. The smallest absolute Gasteiger partial charge is 0.240 e. The number of aromatic nitrogens is 3. The maximum atomic E-state index is 13.4. The van der Waals surface area contributed by atoms with Crippen molar-refractivity contribution in [3.63, 3.8) is 0 Å². The Morgan fingerprint density at radius 3 is 2.68 bits per heavy atom. The molecule has 0 aliphatic carbocycles. The Labute approximate surface area is 191 Å². The van der Waals surface area contributed by atoms with Crippen LogP contribution in [0.1, 0.15) is 48.8 Å². The number of aryl methyl sites for hydroxylation is 3. The van der Waals surface area contributed by atoms with Gasteiger partial charge in [-0.3, -0.25) is 4.79 Å². The summed E-state index contributed by atoms with van der Waals surface area (Å²) < 4.78 is 1.93. The molecule has 2 aromatic carbocycles. The van der Waals surface area contributed by atoms with Gasteiger partial charge in [0.25, 0.3) is 0 Å². The number of rotatable bonds is 6. The fourth-order valence-corrected chi connectivity index (χ4v) is 4.90. The number of hydrogen-bond acceptors (Lipinski definition) is 5. The number of carbonyl (C=O) groups excluding carboxylic acids is 1. The monoisotopic (exact) mass is 455 g/mol. The third-order valence-corrected chi connectivity index (χ3v) is 6.89. The Morgan fingerprint density at radius 2 is 1.97 bits per heavy atom. The summed E-state index contributed by atoms with van der Waals surface area (Å²) in [5, 5.41) is 12.6. The van der Waals surface area contributed by atoms with Crippen molar-refractivity contribution in [2.45, 2.75) is 56.5 Å². The average molecular weight is 456 g/mol. The predicted octanol–water partition coefficient (Wildman–Crippen LogP) is 5.15. The Bertz CT molecular complexity index is 1080. The average Bonchev–Trinajstić information content (AvgIpc) is 3.17. The molecular weight excluding hydrogens is 430 g/mol. The molecule has 3 aromatic rings. The van der Waals surface area contributed by atoms with E-state index in [1.54, 1.807) is 6.07 Å². The van der Waals surface area contributed by atoms with Crippen LogP contribution in [0.4, 0.5) is 5.69 Å². The second-order valence-electron chi connectivity index (χ2n) is 7.67. The molecule has 1 aliphatic heterocycles. The van der Waals surface area contributed by atoms with Gasteiger partial charge in [-0.2, -0.15) is 0 Å². The van der Waals surface area contributed by atoms with Crippen molar-refractivity contribution < 1.29 is 4.79 Å². The van der Waals surface area contributed by atoms with E-state index in [9.17, 15) is 4.79 Å². The summed E-state index contributed by atoms with van der Waals surface area (Å²) in [6.07, 6.45) is 2.76. The zero-order chi connectivity index (χ0) is 22.0. The van der Waals surface area contributed by atoms with Crippen LogP contribution in [0.15, 0.2) is 47.6 Å². The molecule has 0 saturated heterocycles. The zero-order valence-corrected chi connectivity index (χ0v) is 19.4. The minimum atomic E-state index is -0.419. The number of amides is 1. The molecule has 4 rings (SSSR count). The van der Waals surface area contributed by atoms with E-state index in [1.807, 2.05) is 23.7 Å². The number of carbonyl (C=O) groups is 1. The van der Waals surface area contributed by atoms with Crippen molar-refractivity contribution in [3.05, 3.63) is 70.0 Å². The van der Waals surface area contributed by atoms with Crippen molar-refractivity contribution in [2.75, 3.05) is 10.7 Å². The molecule has 0 saturated carbocycles. The van der Waals surface area contributed by atoms with Gasteiger partial charge in [0.05, 0.1) is 6.04 Å². The maximum absolute atomic E-state index is 13.4. The molecule has 0 spiro atoms. The molecule has 0 bridgehead atoms. The third-order valence-electron chi connectivity index (χ3n) is 5.44. The van der Waals surface area contributed by atoms with E-state index in [-0.39, 0.29) is 11.9 Å². The molecule has 0 fully saturated rings. The molecule has 0 unspecified atom stereocenters. The number of benzene rings is 2. The quantitative estimate of drug-likeness (QED) is 0.537. The number of hydrogen-bond donors (Lipinski definition) is 2. The molecule has 8 heteroatoms. The first-order valence-electron chi connectivity index (χ1n) is 10.5. The third kappa shape index (κ3) is 4.57. The van der Waals surface area contributed by atoms with Crippen LogP contribution >= 0.6 is 23.4 Å². The fraction of sp³-hybridized carbons (Fsp3) is 0.348. The van der Waals surface area contributed by atoms with E-state index in [2.05, 4.69) is 59.1 Å². The lowest BCUT2D eigenvalue weighted by atomic mass is 10.0. The molecule has 31 heavy (non-hydrogen) atoms. The number of thioether (sulfide) groups is 1. The first kappa shape index (κ1) is 21.7. The van der Waals surface area contributed by atoms with Gasteiger partial charge in [0.1, 0.15) is 5.25 Å². The lowest BCUT2D eigenvalue weighted by Crippen LogP contribution is -2.41. The van der Waals surface area contributed by atoms with Gasteiger partial charge in [-0.1, -0.05) is 67.5 Å². The second kappa shape index (κ2) is 9.32. The van der Waals surface area contributed by atoms with E-state index in [0.29, 0.717) is 10.2 Å². The first-order valence-corrected chi connectivity index (χ1v) is 11.8. The number of anilines is 1. The topological polar surface area (TPSA) is 71.8 Å². The second-order valence-corrected chi connectivity index (χ2v) is 9.22. The van der Waals surface area contributed by atoms with E-state index < -0.39 is 5.25 Å². The number of halogens is 1. The Balaban J connectivity index is 1.67. The van der Waals surface area contributed by atoms with Gasteiger partial charge in [0.2, 0.25) is 11.1 Å². The molecule has 2 N–H and O–H groups in total. The minimum absolute atomic E-state index is 0.0984. The van der Waals surface area contributed by atoms with Gasteiger partial charge < -0.3 is 10.7 Å². The number of fused-ring (bicyclic) bond motifs is 1. The van der Waals surface area contributed by atoms with Crippen molar-refractivity contribution in [1.29, 1.82) is 0 Å². The molecule has 2 atom stereocenters. The van der Waals surface area contributed by atoms with Crippen LogP contribution in [0.5, 0.6) is 0 Å². The van der Waals surface area contributed by atoms with Gasteiger partial charge in [0.15, 0.2) is 5.82 Å². The summed E-state index contributed by atoms with van der Waals surface area (Å²) in [4.78, 5) is 13.4. The number of nitrogens with zero attached hydrogens (tertiary/aromatic N) is 3. The SMILES string of the molecule is CCCc1nnc2n1N[C@H](c1ccc(CC)cc1)[C@@H](C(=O)Nc1cc(Cl)ccc1C)S2. The molecule has 1 amide bonds. The van der Waals surface area contributed by atoms with Crippen molar-refractivity contribution in [2.24, 2.45) is 0 Å². The fourth-order valence-electron chi connectivity index (χ4n) is 3.63. The number of nitrogens with one attached hydrogen (secondary N) is 2. The van der Waals surface area contributed by atoms with Crippen LogP contribution in [0.25, 0.3) is 0 Å². The van der Waals surface area contributed by atoms with Gasteiger partial charge in [-0.15, -0.1) is 10.2 Å². The highest BCUT2D eigenvalue weighted by atomic mass is 35.5. The van der Waals surface area contributed by atoms with Crippen LogP contribution in [0.3, 0.4) is 0 Å². The highest BCUT2D eigenvalue weighted by Crippen LogP contribution is 2.38. The van der Waals surface area contributed by atoms with E-state index in [1.165, 1.54) is 17.3 Å². The maximum Gasteiger partial charge on any atom is 0.240 e. The standard InChI is InChI=1S/C23H26ClN5OS/c1-4-6-19-26-27-23-29(19)28-20(16-10-8-15(5-2)9-11-16)21(31-23)22(30)25-18-13-17(24)12-7-14(18)3/h7-13,20-21,28H,4-6H2,1-3H3,(H,25,30)/t20-,21+/m1/s1. The molecule has 1 aliphatic rings. The van der Waals surface area contributed by atoms with Gasteiger partial charge in [0, 0.05) is 17.1 Å². The predicted molar refractivity (Wildman–Crippen MR) is 126 cm³/mol. The van der Waals surface area contributed by atoms with Crippen molar-refractivity contribution in [3.8, 4) is 0 Å². The van der Waals surface area contributed by atoms with E-state index >= 15 is 0 Å². The van der Waals surface area contributed by atoms with Crippen LogP contribution < -0.4 is 10.7 Å². The summed E-state index contributed by atoms with van der Waals surface area (Å²) in [6.45, 7) is 6.20. The van der Waals surface area contributed by atoms with Crippen LogP contribution in [0, 0.1) is 6.92 Å². The van der Waals surface area contributed by atoms with E-state index in [0.717, 1.165) is 41.9 Å². The zero-order valence-electron chi connectivity index (χ0n) is 17.9. The minimum Gasteiger partial charge on any atom is -0.325 e. The lowest BCUT2D eigenvalue weighted by Gasteiger charge is -2.33. The molecule has 1 aromatic heterocycles. The summed E-state index contributed by atoms with van der Waals surface area (Å²) >= 11 is 7.58. The molecule has 0 radical (unpaired) electrons. The van der Waals surface area contributed by atoms with Crippen molar-refractivity contribution >= 4 is 35.0 Å². The highest BCUT2D eigenvalue weighted by Gasteiger charge is 2.37. The van der Waals surface area contributed by atoms with Crippen LogP contribution in [-0.4, -0.2) is 26.0 Å². The summed E-state index contributed by atoms with van der Waals surface area (Å²) in [5.74, 6) is 0.781. The summed E-state index contributed by atoms with van der Waals surface area (Å²) in [5.41, 5.74) is 7.51. The van der Waals surface area contributed by atoms with Gasteiger partial charge in [-0.25, -0.2) is 4.68 Å². The Hall–Kier alpha value is -2.51. The van der Waals surface area contributed by atoms with Gasteiger partial charge >= 0.3 is 0 Å². The Kier molecular flexibility index (Phi) is 6.53. The van der Waals surface area contributed by atoms with E-state index in [4.69, 9.17) is 11.6 Å².